The van der Waals surface area contributed by atoms with Crippen molar-refractivity contribution in [3.05, 3.63) is 71.7 Å². The second kappa shape index (κ2) is 7.91. The van der Waals surface area contributed by atoms with E-state index in [4.69, 9.17) is 4.98 Å². The molecule has 1 N–H and O–H groups in total. The Hall–Kier alpha value is -2.79. The molecule has 5 rings (SSSR count). The van der Waals surface area contributed by atoms with E-state index in [0.29, 0.717) is 5.92 Å². The van der Waals surface area contributed by atoms with Crippen molar-refractivity contribution in [1.29, 1.82) is 0 Å². The number of nitrogens with one attached hydrogen (secondary N) is 1. The molecule has 3 heterocycles. The molecule has 1 aliphatic heterocycles. The summed E-state index contributed by atoms with van der Waals surface area (Å²) in [5.41, 5.74) is 3.82. The average molecular weight is 386 g/mol. The number of fused-ring (bicyclic) bond motifs is 1. The van der Waals surface area contributed by atoms with Gasteiger partial charge in [0.15, 0.2) is 0 Å². The van der Waals surface area contributed by atoms with Gasteiger partial charge in [0.05, 0.1) is 16.8 Å². The quantitative estimate of drug-likeness (QED) is 0.722. The van der Waals surface area contributed by atoms with E-state index in [1.807, 2.05) is 48.7 Å². The van der Waals surface area contributed by atoms with E-state index >= 15 is 0 Å². The predicted molar refractivity (Wildman–Crippen MR) is 114 cm³/mol. The highest BCUT2D eigenvalue weighted by Crippen LogP contribution is 2.40. The van der Waals surface area contributed by atoms with Gasteiger partial charge >= 0.3 is 0 Å². The van der Waals surface area contributed by atoms with Crippen LogP contribution in [0.15, 0.2) is 54.7 Å². The van der Waals surface area contributed by atoms with Crippen LogP contribution in [0, 0.1) is 0 Å². The topological polar surface area (TPSA) is 58.1 Å². The fourth-order valence-electron chi connectivity index (χ4n) is 4.27. The number of aromatic nitrogens is 2. The average Bonchev–Trinajstić information content (AvgIpc) is 3.59. The maximum Gasteiger partial charge on any atom is 0.252 e. The molecule has 1 amide bonds. The van der Waals surface area contributed by atoms with Crippen LogP contribution < -0.4 is 5.32 Å². The van der Waals surface area contributed by atoms with Crippen LogP contribution in [-0.4, -0.2) is 39.9 Å². The third kappa shape index (κ3) is 4.15. The van der Waals surface area contributed by atoms with Crippen LogP contribution in [0.5, 0.6) is 0 Å². The van der Waals surface area contributed by atoms with Gasteiger partial charge < -0.3 is 5.32 Å². The normalized spacial score (nSPS) is 19.9. The summed E-state index contributed by atoms with van der Waals surface area (Å²) < 4.78 is 0. The van der Waals surface area contributed by atoms with Crippen molar-refractivity contribution in [3.8, 4) is 0 Å². The van der Waals surface area contributed by atoms with Crippen LogP contribution in [0.3, 0.4) is 0 Å². The van der Waals surface area contributed by atoms with E-state index in [2.05, 4.69) is 21.3 Å². The minimum absolute atomic E-state index is 0.0233. The number of hydrogen-bond acceptors (Lipinski definition) is 4. The second-order valence-corrected chi connectivity index (χ2v) is 8.25. The van der Waals surface area contributed by atoms with Crippen molar-refractivity contribution in [3.63, 3.8) is 0 Å². The number of hydrogen-bond donors (Lipinski definition) is 1. The van der Waals surface area contributed by atoms with Gasteiger partial charge in [-0.15, -0.1) is 0 Å². The maximum absolute atomic E-state index is 13.2. The van der Waals surface area contributed by atoms with Crippen LogP contribution in [0.1, 0.15) is 53.3 Å². The largest absolute Gasteiger partial charge is 0.348 e. The lowest BCUT2D eigenvalue weighted by molar-refractivity contribution is 0.0902. The second-order valence-electron chi connectivity index (χ2n) is 8.25. The zero-order valence-electron chi connectivity index (χ0n) is 16.6. The molecule has 2 aliphatic rings. The van der Waals surface area contributed by atoms with Gasteiger partial charge in [-0.05, 0) is 56.5 Å². The van der Waals surface area contributed by atoms with Gasteiger partial charge in [0.2, 0.25) is 0 Å². The standard InChI is InChI=1S/C24H26N4O/c29-24(21-14-23(17-10-11-17)27-22-9-2-1-8-20(21)22)26-19-7-5-13-28(16-19)15-18-6-3-4-12-25-18/h1-4,6,8-9,12,14,17,19H,5,7,10-11,13,15-16H2,(H,26,29)/t19-/m0/s1. The first-order valence-electron chi connectivity index (χ1n) is 10.6. The van der Waals surface area contributed by atoms with Gasteiger partial charge in [0.1, 0.15) is 0 Å². The Morgan fingerprint density at radius 2 is 1.97 bits per heavy atom. The molecule has 0 unspecified atom stereocenters. The molecule has 1 aromatic carbocycles. The molecular formula is C24H26N4O. The molecule has 2 fully saturated rings. The van der Waals surface area contributed by atoms with Crippen LogP contribution in [0.2, 0.25) is 0 Å². The third-order valence-corrected chi connectivity index (χ3v) is 5.93. The van der Waals surface area contributed by atoms with Crippen molar-refractivity contribution in [2.24, 2.45) is 0 Å². The highest BCUT2D eigenvalue weighted by atomic mass is 16.1. The van der Waals surface area contributed by atoms with E-state index in [9.17, 15) is 4.79 Å². The molecule has 0 spiro atoms. The highest BCUT2D eigenvalue weighted by Gasteiger charge is 2.28. The fourth-order valence-corrected chi connectivity index (χ4v) is 4.27. The van der Waals surface area contributed by atoms with E-state index < -0.39 is 0 Å². The van der Waals surface area contributed by atoms with Crippen LogP contribution >= 0.6 is 0 Å². The van der Waals surface area contributed by atoms with Crippen LogP contribution in [0.25, 0.3) is 10.9 Å². The Morgan fingerprint density at radius 3 is 2.79 bits per heavy atom. The molecule has 29 heavy (non-hydrogen) atoms. The smallest absolute Gasteiger partial charge is 0.252 e. The SMILES string of the molecule is O=C(N[C@H]1CCCN(Cc2ccccn2)C1)c1cc(C2CC2)nc2ccccc12. The Kier molecular flexibility index (Phi) is 4.98. The highest BCUT2D eigenvalue weighted by molar-refractivity contribution is 6.06. The van der Waals surface area contributed by atoms with Gasteiger partial charge in [0, 0.05) is 42.3 Å². The number of rotatable bonds is 5. The molecular weight excluding hydrogens is 360 g/mol. The Morgan fingerprint density at radius 1 is 1.10 bits per heavy atom. The number of carbonyl (C=O) groups excluding carboxylic acids is 1. The summed E-state index contributed by atoms with van der Waals surface area (Å²) in [5.74, 6) is 0.546. The molecule has 148 valence electrons. The van der Waals surface area contributed by atoms with Crippen molar-refractivity contribution in [2.75, 3.05) is 13.1 Å². The van der Waals surface area contributed by atoms with Crippen molar-refractivity contribution >= 4 is 16.8 Å². The molecule has 2 aromatic heterocycles. The van der Waals surface area contributed by atoms with E-state index in [1.165, 1.54) is 12.8 Å². The summed E-state index contributed by atoms with van der Waals surface area (Å²) in [4.78, 5) is 24.8. The molecule has 1 aliphatic carbocycles. The summed E-state index contributed by atoms with van der Waals surface area (Å²) in [6, 6.07) is 16.2. The summed E-state index contributed by atoms with van der Waals surface area (Å²) in [7, 11) is 0. The number of para-hydroxylation sites is 1. The molecule has 5 heteroatoms. The molecule has 1 saturated carbocycles. The monoisotopic (exact) mass is 386 g/mol. The molecule has 0 bridgehead atoms. The van der Waals surface area contributed by atoms with Gasteiger partial charge in [0.25, 0.3) is 5.91 Å². The number of benzene rings is 1. The Labute approximate surface area is 171 Å². The number of carbonyl (C=O) groups is 1. The molecule has 5 nitrogen and oxygen atoms in total. The lowest BCUT2D eigenvalue weighted by Gasteiger charge is -2.33. The summed E-state index contributed by atoms with van der Waals surface area (Å²) in [6.45, 7) is 2.74. The zero-order valence-corrected chi connectivity index (χ0v) is 16.6. The first-order chi connectivity index (χ1) is 14.3. The van der Waals surface area contributed by atoms with Crippen LogP contribution in [0.4, 0.5) is 0 Å². The Balaban J connectivity index is 1.32. The maximum atomic E-state index is 13.2. The van der Waals surface area contributed by atoms with Gasteiger partial charge in [-0.1, -0.05) is 24.3 Å². The first-order valence-corrected chi connectivity index (χ1v) is 10.6. The van der Waals surface area contributed by atoms with Gasteiger partial charge in [-0.25, -0.2) is 0 Å². The summed E-state index contributed by atoms with van der Waals surface area (Å²) >= 11 is 0. The minimum Gasteiger partial charge on any atom is -0.348 e. The Bertz CT molecular complexity index is 1020. The third-order valence-electron chi connectivity index (χ3n) is 5.93. The van der Waals surface area contributed by atoms with Gasteiger partial charge in [-0.3, -0.25) is 19.7 Å². The predicted octanol–water partition coefficient (Wildman–Crippen LogP) is 3.90. The van der Waals surface area contributed by atoms with Crippen molar-refractivity contribution < 1.29 is 4.79 Å². The molecule has 1 saturated heterocycles. The first kappa shape index (κ1) is 18.3. The minimum atomic E-state index is 0.0233. The summed E-state index contributed by atoms with van der Waals surface area (Å²) in [5, 5.41) is 4.24. The van der Waals surface area contributed by atoms with Crippen molar-refractivity contribution in [2.45, 2.75) is 44.2 Å². The number of pyridine rings is 2. The summed E-state index contributed by atoms with van der Waals surface area (Å²) in [6.07, 6.45) is 6.30. The molecule has 1 atom stereocenters. The number of piperidine rings is 1. The number of likely N-dealkylation sites (tertiary alicyclic amines) is 1. The van der Waals surface area contributed by atoms with E-state index in [0.717, 1.165) is 60.3 Å². The van der Waals surface area contributed by atoms with Crippen molar-refractivity contribution in [1.82, 2.24) is 20.2 Å². The lowest BCUT2D eigenvalue weighted by atomic mass is 10.0. The van der Waals surface area contributed by atoms with Crippen LogP contribution in [-0.2, 0) is 6.54 Å². The van der Waals surface area contributed by atoms with Gasteiger partial charge in [-0.2, -0.15) is 0 Å². The lowest BCUT2D eigenvalue weighted by Crippen LogP contribution is -2.47. The molecule has 0 radical (unpaired) electrons. The molecule has 3 aromatic rings. The fraction of sp³-hybridized carbons (Fsp3) is 0.375. The van der Waals surface area contributed by atoms with E-state index in [1.54, 1.807) is 0 Å². The number of nitrogens with zero attached hydrogens (tertiary/aromatic N) is 3. The zero-order chi connectivity index (χ0) is 19.6. The number of amides is 1. The van der Waals surface area contributed by atoms with E-state index in [-0.39, 0.29) is 11.9 Å².